The molecule has 26 heavy (non-hydrogen) atoms. The molecular formula is C19H19FN2O4. The van der Waals surface area contributed by atoms with E-state index in [2.05, 4.69) is 10.6 Å². The molecule has 2 aromatic carbocycles. The lowest BCUT2D eigenvalue weighted by molar-refractivity contribution is -0.154. The summed E-state index contributed by atoms with van der Waals surface area (Å²) in [5.41, 5.74) is 0.791. The molecule has 0 aliphatic heterocycles. The summed E-state index contributed by atoms with van der Waals surface area (Å²) in [6.07, 6.45) is -1.08. The average molecular weight is 358 g/mol. The van der Waals surface area contributed by atoms with E-state index in [1.54, 1.807) is 30.3 Å². The Kier molecular flexibility index (Phi) is 6.43. The van der Waals surface area contributed by atoms with Crippen LogP contribution in [0.4, 0.5) is 10.1 Å². The molecule has 2 atom stereocenters. The van der Waals surface area contributed by atoms with Crippen LogP contribution in [0, 0.1) is 5.82 Å². The van der Waals surface area contributed by atoms with Gasteiger partial charge >= 0.3 is 5.97 Å². The van der Waals surface area contributed by atoms with Gasteiger partial charge in [0.1, 0.15) is 11.9 Å². The maximum Gasteiger partial charge on any atom is 0.329 e. The molecule has 0 aliphatic carbocycles. The number of amides is 2. The second-order valence-corrected chi connectivity index (χ2v) is 5.64. The highest BCUT2D eigenvalue weighted by atomic mass is 19.1. The van der Waals surface area contributed by atoms with Crippen molar-refractivity contribution in [3.8, 4) is 0 Å². The first kappa shape index (κ1) is 19.1. The minimum absolute atomic E-state index is 0.379. The van der Waals surface area contributed by atoms with Crippen molar-refractivity contribution in [2.75, 3.05) is 5.32 Å². The molecule has 2 amide bonds. The average Bonchev–Trinajstić information content (AvgIpc) is 2.64. The standard InChI is InChI=1S/C19H19FN2O4/c1-12(21-18(24)14-6-4-3-5-7-14)19(25)26-13(2)17(23)22-16-10-8-15(20)9-11-16/h3-13H,1-2H3,(H,21,24)(H,22,23)/t12-,13-/m0/s1. The first-order valence-electron chi connectivity index (χ1n) is 7.99. The quantitative estimate of drug-likeness (QED) is 0.777. The van der Waals surface area contributed by atoms with Crippen LogP contribution >= 0.6 is 0 Å². The highest BCUT2D eigenvalue weighted by Gasteiger charge is 2.23. The third kappa shape index (κ3) is 5.41. The van der Waals surface area contributed by atoms with E-state index >= 15 is 0 Å². The SMILES string of the molecule is C[C@H](NC(=O)c1ccccc1)C(=O)O[C@@H](C)C(=O)Nc1ccc(F)cc1. The predicted molar refractivity (Wildman–Crippen MR) is 94.0 cm³/mol. The summed E-state index contributed by atoms with van der Waals surface area (Å²) < 4.78 is 17.9. The zero-order valence-electron chi connectivity index (χ0n) is 14.4. The molecular weight excluding hydrogens is 339 g/mol. The van der Waals surface area contributed by atoms with Gasteiger partial charge in [-0.25, -0.2) is 9.18 Å². The van der Waals surface area contributed by atoms with Crippen molar-refractivity contribution in [2.45, 2.75) is 26.0 Å². The minimum Gasteiger partial charge on any atom is -0.451 e. The van der Waals surface area contributed by atoms with E-state index in [9.17, 15) is 18.8 Å². The Labute approximate surface area is 150 Å². The lowest BCUT2D eigenvalue weighted by Gasteiger charge is -2.17. The normalized spacial score (nSPS) is 12.6. The van der Waals surface area contributed by atoms with Crippen molar-refractivity contribution in [3.63, 3.8) is 0 Å². The molecule has 0 aromatic heterocycles. The van der Waals surface area contributed by atoms with E-state index in [1.807, 2.05) is 0 Å². The second kappa shape index (κ2) is 8.75. The third-order valence-corrected chi connectivity index (χ3v) is 3.51. The number of hydrogen-bond donors (Lipinski definition) is 2. The number of nitrogens with one attached hydrogen (secondary N) is 2. The Morgan fingerprint density at radius 2 is 1.58 bits per heavy atom. The number of rotatable bonds is 6. The molecule has 2 N–H and O–H groups in total. The van der Waals surface area contributed by atoms with Crippen LogP contribution in [0.3, 0.4) is 0 Å². The van der Waals surface area contributed by atoms with Crippen molar-refractivity contribution in [1.82, 2.24) is 5.32 Å². The summed E-state index contributed by atoms with van der Waals surface area (Å²) in [5.74, 6) is -2.15. The molecule has 0 spiro atoms. The van der Waals surface area contributed by atoms with Gasteiger partial charge in [0, 0.05) is 11.3 Å². The van der Waals surface area contributed by atoms with Crippen LogP contribution in [-0.4, -0.2) is 29.9 Å². The zero-order valence-corrected chi connectivity index (χ0v) is 14.4. The molecule has 0 aliphatic rings. The number of carbonyl (C=O) groups is 3. The lowest BCUT2D eigenvalue weighted by Crippen LogP contribution is -2.42. The fraction of sp³-hybridized carbons (Fsp3) is 0.211. The largest absolute Gasteiger partial charge is 0.451 e. The summed E-state index contributed by atoms with van der Waals surface area (Å²) in [5, 5.41) is 5.02. The smallest absolute Gasteiger partial charge is 0.329 e. The van der Waals surface area contributed by atoms with Crippen LogP contribution in [0.1, 0.15) is 24.2 Å². The molecule has 0 bridgehead atoms. The van der Waals surface area contributed by atoms with Crippen LogP contribution in [0.5, 0.6) is 0 Å². The van der Waals surface area contributed by atoms with E-state index in [1.165, 1.54) is 38.1 Å². The first-order chi connectivity index (χ1) is 12.4. The summed E-state index contributed by atoms with van der Waals surface area (Å²) >= 11 is 0. The Morgan fingerprint density at radius 3 is 2.19 bits per heavy atom. The minimum atomic E-state index is -1.08. The molecule has 0 unspecified atom stereocenters. The van der Waals surface area contributed by atoms with E-state index in [0.29, 0.717) is 11.3 Å². The summed E-state index contributed by atoms with van der Waals surface area (Å²) in [7, 11) is 0. The van der Waals surface area contributed by atoms with Crippen LogP contribution in [0.2, 0.25) is 0 Å². The first-order valence-corrected chi connectivity index (χ1v) is 7.99. The topological polar surface area (TPSA) is 84.5 Å². The van der Waals surface area contributed by atoms with Crippen LogP contribution in [0.15, 0.2) is 54.6 Å². The van der Waals surface area contributed by atoms with Gasteiger partial charge in [0.05, 0.1) is 0 Å². The van der Waals surface area contributed by atoms with Gasteiger partial charge in [-0.2, -0.15) is 0 Å². The number of ether oxygens (including phenoxy) is 1. The van der Waals surface area contributed by atoms with Gasteiger partial charge in [-0.05, 0) is 50.2 Å². The second-order valence-electron chi connectivity index (χ2n) is 5.64. The fourth-order valence-corrected chi connectivity index (χ4v) is 2.04. The molecule has 0 saturated carbocycles. The molecule has 0 fully saturated rings. The van der Waals surface area contributed by atoms with Gasteiger partial charge in [-0.15, -0.1) is 0 Å². The Hall–Kier alpha value is -3.22. The number of benzene rings is 2. The van der Waals surface area contributed by atoms with Crippen molar-refractivity contribution in [3.05, 3.63) is 66.0 Å². The van der Waals surface area contributed by atoms with Gasteiger partial charge < -0.3 is 15.4 Å². The molecule has 0 heterocycles. The van der Waals surface area contributed by atoms with E-state index in [-0.39, 0.29) is 0 Å². The molecule has 6 nitrogen and oxygen atoms in total. The van der Waals surface area contributed by atoms with Crippen molar-refractivity contribution >= 4 is 23.5 Å². The van der Waals surface area contributed by atoms with Crippen molar-refractivity contribution < 1.29 is 23.5 Å². The number of carbonyl (C=O) groups excluding carboxylic acids is 3. The molecule has 136 valence electrons. The Morgan fingerprint density at radius 1 is 0.962 bits per heavy atom. The maximum atomic E-state index is 12.9. The molecule has 0 radical (unpaired) electrons. The number of esters is 1. The monoisotopic (exact) mass is 358 g/mol. The van der Waals surface area contributed by atoms with E-state index in [0.717, 1.165) is 0 Å². The maximum absolute atomic E-state index is 12.9. The van der Waals surface area contributed by atoms with Gasteiger partial charge in [0.25, 0.3) is 11.8 Å². The fourth-order valence-electron chi connectivity index (χ4n) is 2.04. The van der Waals surface area contributed by atoms with Gasteiger partial charge in [0.15, 0.2) is 6.10 Å². The van der Waals surface area contributed by atoms with Crippen molar-refractivity contribution in [1.29, 1.82) is 0 Å². The summed E-state index contributed by atoms with van der Waals surface area (Å²) in [4.78, 5) is 36.1. The highest BCUT2D eigenvalue weighted by molar-refractivity contribution is 5.98. The van der Waals surface area contributed by atoms with Crippen LogP contribution in [0.25, 0.3) is 0 Å². The number of hydrogen-bond acceptors (Lipinski definition) is 4. The molecule has 7 heteroatoms. The van der Waals surface area contributed by atoms with E-state index in [4.69, 9.17) is 4.74 Å². The lowest BCUT2D eigenvalue weighted by atomic mass is 10.2. The predicted octanol–water partition coefficient (Wildman–Crippen LogP) is 2.51. The van der Waals surface area contributed by atoms with Crippen LogP contribution in [-0.2, 0) is 14.3 Å². The van der Waals surface area contributed by atoms with Gasteiger partial charge in [-0.3, -0.25) is 9.59 Å². The summed E-state index contributed by atoms with van der Waals surface area (Å²) in [6.45, 7) is 2.87. The Balaban J connectivity index is 1.86. The van der Waals surface area contributed by atoms with Gasteiger partial charge in [-0.1, -0.05) is 18.2 Å². The molecule has 2 rings (SSSR count). The van der Waals surface area contributed by atoms with Gasteiger partial charge in [0.2, 0.25) is 0 Å². The van der Waals surface area contributed by atoms with Crippen LogP contribution < -0.4 is 10.6 Å². The number of halogens is 1. The highest BCUT2D eigenvalue weighted by Crippen LogP contribution is 2.09. The zero-order chi connectivity index (χ0) is 19.1. The molecule has 2 aromatic rings. The van der Waals surface area contributed by atoms with Crippen molar-refractivity contribution in [2.24, 2.45) is 0 Å². The number of anilines is 1. The third-order valence-electron chi connectivity index (χ3n) is 3.51. The Bertz CT molecular complexity index is 778. The molecule has 0 saturated heterocycles. The van der Waals surface area contributed by atoms with E-state index < -0.39 is 35.7 Å². The summed E-state index contributed by atoms with van der Waals surface area (Å²) in [6, 6.07) is 12.7.